The van der Waals surface area contributed by atoms with Crippen molar-refractivity contribution in [1.29, 1.82) is 0 Å². The van der Waals surface area contributed by atoms with Gasteiger partial charge in [0.2, 0.25) is 0 Å². The summed E-state index contributed by atoms with van der Waals surface area (Å²) < 4.78 is 3.93. The Morgan fingerprint density at radius 1 is 0.852 bits per heavy atom. The lowest BCUT2D eigenvalue weighted by atomic mass is 9.87. The summed E-state index contributed by atoms with van der Waals surface area (Å²) in [5.74, 6) is 0.780. The van der Waals surface area contributed by atoms with E-state index < -0.39 is 0 Å². The smallest absolute Gasteiger partial charge is 0.329 e. The number of anilines is 1. The molecular formula is C23H29N3O. The molecule has 4 nitrogen and oxygen atoms in total. The number of imidazole rings is 1. The molecule has 1 aliphatic rings. The van der Waals surface area contributed by atoms with Crippen LogP contribution in [0, 0.1) is 5.92 Å². The average molecular weight is 364 g/mol. The van der Waals surface area contributed by atoms with Gasteiger partial charge in [-0.2, -0.15) is 0 Å². The third-order valence-electron chi connectivity index (χ3n) is 6.01. The molecule has 4 rings (SSSR count). The predicted molar refractivity (Wildman–Crippen MR) is 112 cm³/mol. The Bertz CT molecular complexity index is 946. The molecule has 1 aliphatic carbocycles. The zero-order valence-corrected chi connectivity index (χ0v) is 15.9. The summed E-state index contributed by atoms with van der Waals surface area (Å²) in [4.78, 5) is 13.1. The van der Waals surface area contributed by atoms with Gasteiger partial charge < -0.3 is 5.73 Å². The molecule has 0 spiro atoms. The van der Waals surface area contributed by atoms with E-state index in [-0.39, 0.29) is 5.69 Å². The highest BCUT2D eigenvalue weighted by Gasteiger charge is 2.17. The first-order chi connectivity index (χ1) is 13.2. The van der Waals surface area contributed by atoms with E-state index in [1.54, 1.807) is 0 Å². The third-order valence-corrected chi connectivity index (χ3v) is 6.01. The summed E-state index contributed by atoms with van der Waals surface area (Å²) >= 11 is 0. The Morgan fingerprint density at radius 3 is 2.15 bits per heavy atom. The van der Waals surface area contributed by atoms with E-state index in [2.05, 4.69) is 12.1 Å². The molecule has 0 atom stereocenters. The fourth-order valence-electron chi connectivity index (χ4n) is 4.42. The Morgan fingerprint density at radius 2 is 1.48 bits per heavy atom. The molecule has 142 valence electrons. The van der Waals surface area contributed by atoms with Crippen molar-refractivity contribution in [3.8, 4) is 0 Å². The molecule has 2 aromatic carbocycles. The minimum absolute atomic E-state index is 0.127. The van der Waals surface area contributed by atoms with Crippen LogP contribution in [0.4, 0.5) is 5.69 Å². The van der Waals surface area contributed by atoms with Crippen molar-refractivity contribution in [3.63, 3.8) is 0 Å². The molecule has 2 N–H and O–H groups in total. The summed E-state index contributed by atoms with van der Waals surface area (Å²) in [5.41, 5.74) is 9.99. The maximum atomic E-state index is 13.1. The number of rotatable bonds is 6. The van der Waals surface area contributed by atoms with Gasteiger partial charge in [-0.3, -0.25) is 9.13 Å². The highest BCUT2D eigenvalue weighted by atomic mass is 16.1. The molecule has 1 saturated carbocycles. The minimum Gasteiger partial charge on any atom is -0.399 e. The largest absolute Gasteiger partial charge is 0.399 e. The summed E-state index contributed by atoms with van der Waals surface area (Å²) in [6.45, 7) is 1.53. The van der Waals surface area contributed by atoms with Crippen molar-refractivity contribution in [2.24, 2.45) is 5.92 Å². The van der Waals surface area contributed by atoms with Crippen molar-refractivity contribution < 1.29 is 0 Å². The van der Waals surface area contributed by atoms with Gasteiger partial charge in [-0.05, 0) is 48.6 Å². The normalized spacial score (nSPS) is 15.4. The first kappa shape index (κ1) is 17.9. The highest BCUT2D eigenvalue weighted by molar-refractivity contribution is 5.76. The fourth-order valence-corrected chi connectivity index (χ4v) is 4.42. The third kappa shape index (κ3) is 3.95. The molecule has 1 fully saturated rings. The van der Waals surface area contributed by atoms with Crippen LogP contribution in [0.15, 0.2) is 53.3 Å². The molecule has 0 saturated heterocycles. The van der Waals surface area contributed by atoms with Gasteiger partial charge in [0.1, 0.15) is 0 Å². The second kappa shape index (κ2) is 8.03. The maximum Gasteiger partial charge on any atom is 0.329 e. The van der Waals surface area contributed by atoms with Gasteiger partial charge in [-0.15, -0.1) is 0 Å². The second-order valence-corrected chi connectivity index (χ2v) is 7.86. The average Bonchev–Trinajstić information content (AvgIpc) is 2.98. The Kier molecular flexibility index (Phi) is 5.33. The lowest BCUT2D eigenvalue weighted by Gasteiger charge is -2.21. The van der Waals surface area contributed by atoms with Gasteiger partial charge in [0.25, 0.3) is 0 Å². The molecule has 0 aliphatic heterocycles. The zero-order valence-electron chi connectivity index (χ0n) is 15.9. The molecule has 0 amide bonds. The number of aryl methyl sites for hydroxylation is 3. The summed E-state index contributed by atoms with van der Waals surface area (Å²) in [6, 6.07) is 16.1. The van der Waals surface area contributed by atoms with Crippen molar-refractivity contribution in [2.45, 2.75) is 58.0 Å². The zero-order chi connectivity index (χ0) is 18.6. The Balaban J connectivity index is 1.56. The van der Waals surface area contributed by atoms with Crippen molar-refractivity contribution in [2.75, 3.05) is 5.73 Å². The van der Waals surface area contributed by atoms with Crippen molar-refractivity contribution >= 4 is 16.7 Å². The number of benzene rings is 2. The predicted octanol–water partition coefficient (Wildman–Crippen LogP) is 4.60. The highest BCUT2D eigenvalue weighted by Crippen LogP contribution is 2.27. The summed E-state index contributed by atoms with van der Waals surface area (Å²) in [5, 5.41) is 0. The van der Waals surface area contributed by atoms with E-state index >= 15 is 0 Å². The van der Waals surface area contributed by atoms with Crippen LogP contribution in [-0.4, -0.2) is 9.13 Å². The first-order valence-electron chi connectivity index (χ1n) is 10.2. The molecule has 1 aromatic heterocycles. The second-order valence-electron chi connectivity index (χ2n) is 7.86. The van der Waals surface area contributed by atoms with Gasteiger partial charge in [0.05, 0.1) is 11.0 Å². The molecule has 3 aromatic rings. The number of aromatic nitrogens is 2. The molecular weight excluding hydrogens is 334 g/mol. The lowest BCUT2D eigenvalue weighted by Crippen LogP contribution is -2.26. The van der Waals surface area contributed by atoms with Crippen LogP contribution in [-0.2, 0) is 19.5 Å². The standard InChI is InChI=1S/C23H29N3O/c24-20-12-10-19(11-13-20)15-17-26-22-9-5-4-8-21(22)25(23(26)27)16-14-18-6-2-1-3-7-18/h4-5,8-13,18H,1-3,6-7,14-17,24H2. The fraction of sp³-hybridized carbons (Fsp3) is 0.435. The molecule has 0 radical (unpaired) electrons. The van der Waals surface area contributed by atoms with Gasteiger partial charge >= 0.3 is 5.69 Å². The van der Waals surface area contributed by atoms with Crippen LogP contribution in [0.2, 0.25) is 0 Å². The van der Waals surface area contributed by atoms with Gasteiger partial charge in [0.15, 0.2) is 0 Å². The lowest BCUT2D eigenvalue weighted by molar-refractivity contribution is 0.323. The van der Waals surface area contributed by atoms with Gasteiger partial charge in [-0.25, -0.2) is 4.79 Å². The van der Waals surface area contributed by atoms with Crippen LogP contribution in [0.25, 0.3) is 11.0 Å². The van der Waals surface area contributed by atoms with Crippen LogP contribution >= 0.6 is 0 Å². The SMILES string of the molecule is Nc1ccc(CCn2c(=O)n(CCC3CCCCC3)c3ccccc32)cc1. The van der Waals surface area contributed by atoms with E-state index in [9.17, 15) is 4.79 Å². The number of para-hydroxylation sites is 2. The molecule has 4 heteroatoms. The molecule has 1 heterocycles. The van der Waals surface area contributed by atoms with Gasteiger partial charge in [-0.1, -0.05) is 56.4 Å². The first-order valence-corrected chi connectivity index (χ1v) is 10.2. The summed E-state index contributed by atoms with van der Waals surface area (Å²) in [6.07, 6.45) is 8.67. The molecule has 0 unspecified atom stereocenters. The van der Waals surface area contributed by atoms with E-state index in [4.69, 9.17) is 5.73 Å². The van der Waals surface area contributed by atoms with Crippen LogP contribution in [0.5, 0.6) is 0 Å². The molecule has 27 heavy (non-hydrogen) atoms. The van der Waals surface area contributed by atoms with Crippen LogP contribution < -0.4 is 11.4 Å². The molecule has 0 bridgehead atoms. The van der Waals surface area contributed by atoms with E-state index in [1.807, 2.05) is 45.5 Å². The van der Waals surface area contributed by atoms with E-state index in [0.717, 1.165) is 42.0 Å². The Hall–Kier alpha value is -2.49. The van der Waals surface area contributed by atoms with E-state index in [0.29, 0.717) is 6.54 Å². The Labute approximate surface area is 160 Å². The van der Waals surface area contributed by atoms with Crippen LogP contribution in [0.1, 0.15) is 44.1 Å². The number of nitrogen functional groups attached to an aromatic ring is 1. The van der Waals surface area contributed by atoms with Crippen LogP contribution in [0.3, 0.4) is 0 Å². The monoisotopic (exact) mass is 363 g/mol. The summed E-state index contributed by atoms with van der Waals surface area (Å²) in [7, 11) is 0. The number of fused-ring (bicyclic) bond motifs is 1. The van der Waals surface area contributed by atoms with Crippen molar-refractivity contribution in [3.05, 3.63) is 64.6 Å². The number of nitrogens with two attached hydrogens (primary N) is 1. The number of nitrogens with zero attached hydrogens (tertiary/aromatic N) is 2. The number of hydrogen-bond acceptors (Lipinski definition) is 2. The number of hydrogen-bond donors (Lipinski definition) is 1. The minimum atomic E-state index is 0.127. The quantitative estimate of drug-likeness (QED) is 0.651. The van der Waals surface area contributed by atoms with Gasteiger partial charge in [0, 0.05) is 18.8 Å². The van der Waals surface area contributed by atoms with E-state index in [1.165, 1.54) is 37.7 Å². The maximum absolute atomic E-state index is 13.1. The topological polar surface area (TPSA) is 52.9 Å². The van der Waals surface area contributed by atoms with Crippen molar-refractivity contribution in [1.82, 2.24) is 9.13 Å².